The number of anilines is 2. The minimum absolute atomic E-state index is 0.236. The van der Waals surface area contributed by atoms with E-state index in [2.05, 4.69) is 21.4 Å². The van der Waals surface area contributed by atoms with Gasteiger partial charge in [-0.1, -0.05) is 6.07 Å². The van der Waals surface area contributed by atoms with Crippen LogP contribution in [0.15, 0.2) is 47.4 Å². The Hall–Kier alpha value is -2.85. The fourth-order valence-corrected chi connectivity index (χ4v) is 2.75. The highest BCUT2D eigenvalue weighted by molar-refractivity contribution is 7.90. The number of H-pyrrole nitrogens is 1. The van der Waals surface area contributed by atoms with E-state index in [1.54, 1.807) is 42.5 Å². The van der Waals surface area contributed by atoms with E-state index in [9.17, 15) is 8.42 Å². The molecule has 3 rings (SSSR count). The predicted octanol–water partition coefficient (Wildman–Crippen LogP) is 2.58. The molecule has 0 atom stereocenters. The molecule has 110 valence electrons. The smallest absolute Gasteiger partial charge is 0.205 e. The van der Waals surface area contributed by atoms with Gasteiger partial charge in [-0.3, -0.25) is 0 Å². The van der Waals surface area contributed by atoms with Gasteiger partial charge in [-0.05, 0) is 36.4 Å². The topological polar surface area (TPSA) is 98.6 Å². The second kappa shape index (κ2) is 5.16. The molecule has 0 fully saturated rings. The molecule has 7 heteroatoms. The maximum Gasteiger partial charge on any atom is 0.205 e. The third-order valence-corrected chi connectivity index (χ3v) is 4.25. The molecule has 22 heavy (non-hydrogen) atoms. The maximum atomic E-state index is 11.6. The van der Waals surface area contributed by atoms with Gasteiger partial charge in [0.15, 0.2) is 9.84 Å². The first-order valence-electron chi connectivity index (χ1n) is 6.43. The highest BCUT2D eigenvalue weighted by Gasteiger charge is 2.09. The van der Waals surface area contributed by atoms with E-state index in [0.717, 1.165) is 17.3 Å². The van der Waals surface area contributed by atoms with Crippen LogP contribution in [0.25, 0.3) is 11.0 Å². The fraction of sp³-hybridized carbons (Fsp3) is 0.0667. The molecule has 0 aliphatic heterocycles. The highest BCUT2D eigenvalue weighted by Crippen LogP contribution is 2.21. The van der Waals surface area contributed by atoms with Crippen molar-refractivity contribution in [1.82, 2.24) is 9.97 Å². The summed E-state index contributed by atoms with van der Waals surface area (Å²) in [6, 6.07) is 13.7. The molecular weight excluding hydrogens is 300 g/mol. The first kappa shape index (κ1) is 14.1. The summed E-state index contributed by atoms with van der Waals surface area (Å²) in [5.74, 6) is 0.482. The summed E-state index contributed by atoms with van der Waals surface area (Å²) in [7, 11) is -3.26. The molecule has 0 bridgehead atoms. The van der Waals surface area contributed by atoms with Crippen molar-refractivity contribution < 1.29 is 8.42 Å². The number of hydrogen-bond donors (Lipinski definition) is 2. The number of sulfone groups is 1. The van der Waals surface area contributed by atoms with Crippen molar-refractivity contribution in [1.29, 1.82) is 5.26 Å². The predicted molar refractivity (Wildman–Crippen MR) is 83.6 cm³/mol. The molecule has 0 amide bonds. The minimum Gasteiger partial charge on any atom is -0.326 e. The Morgan fingerprint density at radius 2 is 2.05 bits per heavy atom. The Morgan fingerprint density at radius 1 is 1.23 bits per heavy atom. The molecule has 0 aliphatic carbocycles. The normalized spacial score (nSPS) is 11.3. The Balaban J connectivity index is 1.95. The highest BCUT2D eigenvalue weighted by atomic mass is 32.2. The lowest BCUT2D eigenvalue weighted by molar-refractivity contribution is 0.602. The molecule has 1 heterocycles. The lowest BCUT2D eigenvalue weighted by Gasteiger charge is -2.04. The number of aromatic nitrogens is 2. The third kappa shape index (κ3) is 2.77. The molecule has 0 aliphatic rings. The van der Waals surface area contributed by atoms with Gasteiger partial charge in [0.05, 0.1) is 27.6 Å². The monoisotopic (exact) mass is 312 g/mol. The van der Waals surface area contributed by atoms with Gasteiger partial charge < -0.3 is 10.3 Å². The standard InChI is InChI=1S/C15H12N4O2S/c1-22(20,21)12-4-2-3-11(8-12)17-15-18-13-6-5-10(9-16)7-14(13)19-15/h2-8H,1H3,(H2,17,18,19). The first-order chi connectivity index (χ1) is 10.5. The van der Waals surface area contributed by atoms with Crippen molar-refractivity contribution in [3.63, 3.8) is 0 Å². The lowest BCUT2D eigenvalue weighted by Crippen LogP contribution is -1.99. The maximum absolute atomic E-state index is 11.6. The molecule has 0 radical (unpaired) electrons. The number of nitriles is 1. The zero-order valence-corrected chi connectivity index (χ0v) is 12.5. The number of hydrogen-bond acceptors (Lipinski definition) is 5. The number of aromatic amines is 1. The van der Waals surface area contributed by atoms with Crippen LogP contribution in [-0.2, 0) is 9.84 Å². The van der Waals surface area contributed by atoms with Crippen LogP contribution in [-0.4, -0.2) is 24.6 Å². The van der Waals surface area contributed by atoms with Gasteiger partial charge in [0.1, 0.15) is 0 Å². The molecule has 2 N–H and O–H groups in total. The van der Waals surface area contributed by atoms with E-state index in [-0.39, 0.29) is 4.90 Å². The Labute approximate surface area is 127 Å². The van der Waals surface area contributed by atoms with Crippen molar-refractivity contribution >= 4 is 32.5 Å². The molecule has 0 spiro atoms. The van der Waals surface area contributed by atoms with Crippen LogP contribution < -0.4 is 5.32 Å². The van der Waals surface area contributed by atoms with Crippen LogP contribution in [0, 0.1) is 11.3 Å². The van der Waals surface area contributed by atoms with Gasteiger partial charge >= 0.3 is 0 Å². The summed E-state index contributed by atoms with van der Waals surface area (Å²) in [6.45, 7) is 0. The minimum atomic E-state index is -3.26. The summed E-state index contributed by atoms with van der Waals surface area (Å²) in [4.78, 5) is 7.64. The van der Waals surface area contributed by atoms with Gasteiger partial charge in [-0.2, -0.15) is 5.26 Å². The Bertz CT molecular complexity index is 1000. The lowest BCUT2D eigenvalue weighted by atomic mass is 10.2. The average Bonchev–Trinajstić information content (AvgIpc) is 2.87. The molecule has 1 aromatic heterocycles. The zero-order chi connectivity index (χ0) is 15.7. The van der Waals surface area contributed by atoms with Crippen LogP contribution in [0.3, 0.4) is 0 Å². The summed E-state index contributed by atoms with van der Waals surface area (Å²) in [5, 5.41) is 11.9. The molecule has 3 aromatic rings. The van der Waals surface area contributed by atoms with Gasteiger partial charge in [-0.15, -0.1) is 0 Å². The van der Waals surface area contributed by atoms with Crippen molar-refractivity contribution in [2.24, 2.45) is 0 Å². The van der Waals surface area contributed by atoms with Crippen molar-refractivity contribution in [3.8, 4) is 6.07 Å². The summed E-state index contributed by atoms with van der Waals surface area (Å²) < 4.78 is 23.1. The van der Waals surface area contributed by atoms with Crippen LogP contribution in [0.4, 0.5) is 11.6 Å². The van der Waals surface area contributed by atoms with Crippen LogP contribution in [0.2, 0.25) is 0 Å². The van der Waals surface area contributed by atoms with E-state index in [4.69, 9.17) is 5.26 Å². The van der Waals surface area contributed by atoms with E-state index in [0.29, 0.717) is 17.2 Å². The van der Waals surface area contributed by atoms with Crippen molar-refractivity contribution in [2.75, 3.05) is 11.6 Å². The van der Waals surface area contributed by atoms with Crippen LogP contribution in [0.1, 0.15) is 5.56 Å². The van der Waals surface area contributed by atoms with Crippen molar-refractivity contribution in [2.45, 2.75) is 4.90 Å². The average molecular weight is 312 g/mol. The second-order valence-corrected chi connectivity index (χ2v) is 6.87. The van der Waals surface area contributed by atoms with Crippen LogP contribution >= 0.6 is 0 Å². The number of nitrogens with one attached hydrogen (secondary N) is 2. The van der Waals surface area contributed by atoms with Gasteiger partial charge in [-0.25, -0.2) is 13.4 Å². The summed E-state index contributed by atoms with van der Waals surface area (Å²) in [5.41, 5.74) is 2.62. The number of benzene rings is 2. The van der Waals surface area contributed by atoms with Crippen molar-refractivity contribution in [3.05, 3.63) is 48.0 Å². The van der Waals surface area contributed by atoms with E-state index in [1.165, 1.54) is 0 Å². The quantitative estimate of drug-likeness (QED) is 0.774. The number of rotatable bonds is 3. The van der Waals surface area contributed by atoms with Gasteiger partial charge in [0.2, 0.25) is 5.95 Å². The molecule has 0 saturated heterocycles. The SMILES string of the molecule is CS(=O)(=O)c1cccc(Nc2nc3ccc(C#N)cc3[nH]2)c1. The van der Waals surface area contributed by atoms with E-state index < -0.39 is 9.84 Å². The zero-order valence-electron chi connectivity index (χ0n) is 11.7. The Morgan fingerprint density at radius 3 is 2.77 bits per heavy atom. The Kier molecular flexibility index (Phi) is 3.31. The van der Waals surface area contributed by atoms with Gasteiger partial charge in [0.25, 0.3) is 0 Å². The molecular formula is C15H12N4O2S. The third-order valence-electron chi connectivity index (χ3n) is 3.14. The molecule has 6 nitrogen and oxygen atoms in total. The number of fused-ring (bicyclic) bond motifs is 1. The molecule has 2 aromatic carbocycles. The van der Waals surface area contributed by atoms with E-state index >= 15 is 0 Å². The fourth-order valence-electron chi connectivity index (χ4n) is 2.08. The molecule has 0 unspecified atom stereocenters. The van der Waals surface area contributed by atoms with E-state index in [1.807, 2.05) is 0 Å². The second-order valence-electron chi connectivity index (χ2n) is 4.85. The number of nitrogens with zero attached hydrogens (tertiary/aromatic N) is 2. The number of imidazole rings is 1. The molecule has 0 saturated carbocycles. The summed E-state index contributed by atoms with van der Waals surface area (Å²) >= 11 is 0. The first-order valence-corrected chi connectivity index (χ1v) is 8.32. The largest absolute Gasteiger partial charge is 0.326 e. The summed E-state index contributed by atoms with van der Waals surface area (Å²) in [6.07, 6.45) is 1.16. The van der Waals surface area contributed by atoms with Gasteiger partial charge in [0, 0.05) is 11.9 Å². The van der Waals surface area contributed by atoms with Crippen LogP contribution in [0.5, 0.6) is 0 Å².